The lowest BCUT2D eigenvalue weighted by Crippen LogP contribution is -2.47. The summed E-state index contributed by atoms with van der Waals surface area (Å²) in [5.74, 6) is 0.370. The molecule has 0 radical (unpaired) electrons. The molecule has 3 rings (SSSR count). The van der Waals surface area contributed by atoms with Crippen LogP contribution >= 0.6 is 0 Å². The average Bonchev–Trinajstić information content (AvgIpc) is 3.00. The van der Waals surface area contributed by atoms with Crippen molar-refractivity contribution in [1.82, 2.24) is 15.1 Å². The molecule has 3 fully saturated rings. The topological polar surface area (TPSA) is 35.6 Å². The molecule has 1 N–H and O–H groups in total. The molecule has 20 heavy (non-hydrogen) atoms. The summed E-state index contributed by atoms with van der Waals surface area (Å²) in [6, 6.07) is 0.0769. The Morgan fingerprint density at radius 3 is 2.50 bits per heavy atom. The van der Waals surface area contributed by atoms with Crippen LogP contribution in [0.25, 0.3) is 0 Å². The van der Waals surface area contributed by atoms with Crippen molar-refractivity contribution in [2.45, 2.75) is 51.5 Å². The number of carbonyl (C=O) groups is 1. The molecule has 0 aliphatic carbocycles. The van der Waals surface area contributed by atoms with E-state index in [-0.39, 0.29) is 6.04 Å². The Balaban J connectivity index is 1.58. The van der Waals surface area contributed by atoms with Gasteiger partial charge in [0.05, 0.1) is 6.04 Å². The second-order valence-corrected chi connectivity index (χ2v) is 7.06. The molecule has 3 aliphatic heterocycles. The fourth-order valence-electron chi connectivity index (χ4n) is 4.16. The lowest BCUT2D eigenvalue weighted by Gasteiger charge is -2.31. The normalized spacial score (nSPS) is 33.5. The number of likely N-dealkylation sites (tertiary alicyclic amines) is 2. The fraction of sp³-hybridized carbons (Fsp3) is 0.938. The Bertz CT molecular complexity index is 344. The zero-order chi connectivity index (χ0) is 14.0. The van der Waals surface area contributed by atoms with Crippen molar-refractivity contribution in [3.63, 3.8) is 0 Å². The molecule has 0 bridgehead atoms. The standard InChI is InChI=1S/C16H29N3O/c1-14(15(20)18-9-4-2-3-5-10-18)19-11-7-16(13-19)6-8-17-12-16/h14,17H,2-13H2,1H3. The van der Waals surface area contributed by atoms with E-state index in [0.29, 0.717) is 11.3 Å². The highest BCUT2D eigenvalue weighted by Crippen LogP contribution is 2.37. The van der Waals surface area contributed by atoms with Crippen molar-refractivity contribution in [3.8, 4) is 0 Å². The van der Waals surface area contributed by atoms with Crippen LogP contribution < -0.4 is 5.32 Å². The molecule has 4 nitrogen and oxygen atoms in total. The number of nitrogens with zero attached hydrogens (tertiary/aromatic N) is 2. The summed E-state index contributed by atoms with van der Waals surface area (Å²) < 4.78 is 0. The summed E-state index contributed by atoms with van der Waals surface area (Å²) in [6.07, 6.45) is 7.50. The second-order valence-electron chi connectivity index (χ2n) is 7.06. The molecule has 1 spiro atoms. The van der Waals surface area contributed by atoms with Gasteiger partial charge in [0, 0.05) is 26.2 Å². The van der Waals surface area contributed by atoms with Gasteiger partial charge in [-0.1, -0.05) is 12.8 Å². The highest BCUT2D eigenvalue weighted by molar-refractivity contribution is 5.81. The van der Waals surface area contributed by atoms with E-state index in [1.807, 2.05) is 0 Å². The number of hydrogen-bond donors (Lipinski definition) is 1. The number of hydrogen-bond acceptors (Lipinski definition) is 3. The molecular formula is C16H29N3O. The van der Waals surface area contributed by atoms with Gasteiger partial charge in [-0.15, -0.1) is 0 Å². The second kappa shape index (κ2) is 6.02. The van der Waals surface area contributed by atoms with E-state index < -0.39 is 0 Å². The molecule has 3 aliphatic rings. The van der Waals surface area contributed by atoms with Crippen molar-refractivity contribution in [2.24, 2.45) is 5.41 Å². The Kier molecular flexibility index (Phi) is 4.32. The molecule has 114 valence electrons. The predicted molar refractivity (Wildman–Crippen MR) is 80.6 cm³/mol. The van der Waals surface area contributed by atoms with Crippen molar-refractivity contribution in [3.05, 3.63) is 0 Å². The van der Waals surface area contributed by atoms with Crippen molar-refractivity contribution in [2.75, 3.05) is 39.3 Å². The molecule has 3 heterocycles. The third kappa shape index (κ3) is 2.86. The van der Waals surface area contributed by atoms with Crippen LogP contribution in [0.15, 0.2) is 0 Å². The number of carbonyl (C=O) groups excluding carboxylic acids is 1. The molecule has 0 aromatic carbocycles. The van der Waals surface area contributed by atoms with E-state index in [2.05, 4.69) is 22.0 Å². The number of amides is 1. The first-order valence-corrected chi connectivity index (χ1v) is 8.44. The third-order valence-corrected chi connectivity index (χ3v) is 5.62. The first-order valence-electron chi connectivity index (χ1n) is 8.44. The molecule has 0 aromatic heterocycles. The summed E-state index contributed by atoms with van der Waals surface area (Å²) in [5, 5.41) is 3.49. The Hall–Kier alpha value is -0.610. The average molecular weight is 279 g/mol. The van der Waals surface area contributed by atoms with Gasteiger partial charge < -0.3 is 10.2 Å². The van der Waals surface area contributed by atoms with Crippen molar-refractivity contribution in [1.29, 1.82) is 0 Å². The molecule has 2 atom stereocenters. The molecule has 4 heteroatoms. The summed E-state index contributed by atoms with van der Waals surface area (Å²) in [5.41, 5.74) is 0.466. The SMILES string of the molecule is CC(C(=O)N1CCCCCC1)N1CCC2(CCNC2)C1. The van der Waals surface area contributed by atoms with Crippen molar-refractivity contribution < 1.29 is 4.79 Å². The first kappa shape index (κ1) is 14.3. The van der Waals surface area contributed by atoms with E-state index in [4.69, 9.17) is 0 Å². The zero-order valence-electron chi connectivity index (χ0n) is 12.9. The lowest BCUT2D eigenvalue weighted by atomic mass is 9.86. The van der Waals surface area contributed by atoms with Gasteiger partial charge in [0.25, 0.3) is 0 Å². The van der Waals surface area contributed by atoms with Crippen LogP contribution in [-0.4, -0.2) is 61.0 Å². The maximum Gasteiger partial charge on any atom is 0.239 e. The third-order valence-electron chi connectivity index (χ3n) is 5.62. The van der Waals surface area contributed by atoms with Crippen LogP contribution in [0.3, 0.4) is 0 Å². The van der Waals surface area contributed by atoms with Gasteiger partial charge in [-0.25, -0.2) is 0 Å². The minimum absolute atomic E-state index is 0.0769. The molecule has 2 unspecified atom stereocenters. The molecule has 1 amide bonds. The van der Waals surface area contributed by atoms with Gasteiger partial charge in [0.1, 0.15) is 0 Å². The van der Waals surface area contributed by atoms with E-state index in [0.717, 1.165) is 39.3 Å². The van der Waals surface area contributed by atoms with Gasteiger partial charge in [0.2, 0.25) is 5.91 Å². The smallest absolute Gasteiger partial charge is 0.239 e. The van der Waals surface area contributed by atoms with E-state index in [1.165, 1.54) is 38.5 Å². The summed E-state index contributed by atoms with van der Waals surface area (Å²) in [4.78, 5) is 17.3. The van der Waals surface area contributed by atoms with E-state index >= 15 is 0 Å². The van der Waals surface area contributed by atoms with Crippen LogP contribution in [0.4, 0.5) is 0 Å². The Morgan fingerprint density at radius 1 is 1.10 bits per heavy atom. The number of rotatable bonds is 2. The first-order chi connectivity index (χ1) is 9.70. The summed E-state index contributed by atoms with van der Waals surface area (Å²) in [6.45, 7) is 8.58. The van der Waals surface area contributed by atoms with Gasteiger partial charge in [-0.2, -0.15) is 0 Å². The lowest BCUT2D eigenvalue weighted by molar-refractivity contribution is -0.136. The van der Waals surface area contributed by atoms with Gasteiger partial charge >= 0.3 is 0 Å². The highest BCUT2D eigenvalue weighted by Gasteiger charge is 2.43. The maximum atomic E-state index is 12.7. The minimum Gasteiger partial charge on any atom is -0.341 e. The van der Waals surface area contributed by atoms with Gasteiger partial charge in [-0.3, -0.25) is 9.69 Å². The molecule has 3 saturated heterocycles. The summed E-state index contributed by atoms with van der Waals surface area (Å²) in [7, 11) is 0. The van der Waals surface area contributed by atoms with Crippen molar-refractivity contribution >= 4 is 5.91 Å². The molecular weight excluding hydrogens is 250 g/mol. The maximum absolute atomic E-state index is 12.7. The molecule has 0 aromatic rings. The monoisotopic (exact) mass is 279 g/mol. The Morgan fingerprint density at radius 2 is 1.85 bits per heavy atom. The van der Waals surface area contributed by atoms with Gasteiger partial charge in [-0.05, 0) is 51.1 Å². The zero-order valence-corrected chi connectivity index (χ0v) is 12.9. The fourth-order valence-corrected chi connectivity index (χ4v) is 4.16. The number of nitrogens with one attached hydrogen (secondary N) is 1. The van der Waals surface area contributed by atoms with Gasteiger partial charge in [0.15, 0.2) is 0 Å². The van der Waals surface area contributed by atoms with Crippen LogP contribution in [-0.2, 0) is 4.79 Å². The highest BCUT2D eigenvalue weighted by atomic mass is 16.2. The van der Waals surface area contributed by atoms with Crippen LogP contribution in [0.1, 0.15) is 45.4 Å². The van der Waals surface area contributed by atoms with Crippen LogP contribution in [0, 0.1) is 5.41 Å². The van der Waals surface area contributed by atoms with E-state index in [1.54, 1.807) is 0 Å². The summed E-state index contributed by atoms with van der Waals surface area (Å²) >= 11 is 0. The van der Waals surface area contributed by atoms with Crippen LogP contribution in [0.2, 0.25) is 0 Å². The van der Waals surface area contributed by atoms with E-state index in [9.17, 15) is 4.79 Å². The predicted octanol–water partition coefficient (Wildman–Crippen LogP) is 1.46. The molecule has 0 saturated carbocycles. The van der Waals surface area contributed by atoms with Crippen LogP contribution in [0.5, 0.6) is 0 Å². The Labute approximate surface area is 122 Å². The minimum atomic E-state index is 0.0769. The quantitative estimate of drug-likeness (QED) is 0.831. The largest absolute Gasteiger partial charge is 0.341 e.